The van der Waals surface area contributed by atoms with E-state index in [9.17, 15) is 4.79 Å². The highest BCUT2D eigenvalue weighted by Gasteiger charge is 2.28. The van der Waals surface area contributed by atoms with Crippen molar-refractivity contribution in [1.82, 2.24) is 19.9 Å². The fraction of sp³-hybridized carbons (Fsp3) is 0.276. The third kappa shape index (κ3) is 4.73. The molecule has 40 heavy (non-hydrogen) atoms. The molecule has 0 spiro atoms. The van der Waals surface area contributed by atoms with Crippen LogP contribution < -0.4 is 24.8 Å². The number of fused-ring (bicyclic) bond motifs is 4. The summed E-state index contributed by atoms with van der Waals surface area (Å²) in [6, 6.07) is 9.54. The fourth-order valence-corrected chi connectivity index (χ4v) is 5.97. The van der Waals surface area contributed by atoms with Gasteiger partial charge >= 0.3 is 6.09 Å². The van der Waals surface area contributed by atoms with Crippen molar-refractivity contribution in [2.75, 3.05) is 25.6 Å². The molecule has 1 amide bonds. The van der Waals surface area contributed by atoms with E-state index in [1.165, 1.54) is 0 Å². The Hall–Kier alpha value is -4.51. The molecule has 5 aromatic rings. The molecule has 4 heterocycles. The van der Waals surface area contributed by atoms with E-state index in [-0.39, 0.29) is 6.10 Å². The van der Waals surface area contributed by atoms with Gasteiger partial charge in [0, 0.05) is 32.3 Å². The number of aryl methyl sites for hydroxylation is 3. The van der Waals surface area contributed by atoms with Crippen LogP contribution in [-0.2, 0) is 6.42 Å². The van der Waals surface area contributed by atoms with Crippen molar-refractivity contribution >= 4 is 44.5 Å². The summed E-state index contributed by atoms with van der Waals surface area (Å²) in [6.45, 7) is 6.29. The zero-order valence-electron chi connectivity index (χ0n) is 22.8. The second-order valence-electron chi connectivity index (χ2n) is 10.1. The molecule has 1 aliphatic rings. The third-order valence-corrected chi connectivity index (χ3v) is 7.72. The van der Waals surface area contributed by atoms with E-state index in [1.807, 2.05) is 51.9 Å². The van der Waals surface area contributed by atoms with Gasteiger partial charge in [0.1, 0.15) is 28.2 Å². The highest BCUT2D eigenvalue weighted by molar-refractivity contribution is 7.22. The van der Waals surface area contributed by atoms with Crippen LogP contribution in [0.3, 0.4) is 0 Å². The van der Waals surface area contributed by atoms with E-state index in [0.717, 1.165) is 54.5 Å². The molecular formula is C29H28N6O4S. The maximum atomic E-state index is 11.5. The first kappa shape index (κ1) is 25.8. The van der Waals surface area contributed by atoms with Gasteiger partial charge in [0.2, 0.25) is 0 Å². The number of amides is 1. The summed E-state index contributed by atoms with van der Waals surface area (Å²) in [5, 5.41) is 0.849. The van der Waals surface area contributed by atoms with E-state index in [1.54, 1.807) is 29.7 Å². The van der Waals surface area contributed by atoms with Crippen LogP contribution in [0.25, 0.3) is 31.8 Å². The number of thiazole rings is 1. The topological polar surface area (TPSA) is 126 Å². The molecule has 2 N–H and O–H groups in total. The van der Waals surface area contributed by atoms with Crippen LogP contribution in [0.15, 0.2) is 36.5 Å². The lowest BCUT2D eigenvalue weighted by molar-refractivity contribution is 0.0918. The minimum Gasteiger partial charge on any atom is -0.484 e. The SMILES string of the molecule is Cc1cc(-c2nc3c(C)cc4c(c3s2)OC[C@@H](Cc2nc(N(C)C)ccc2OC(N)=O)O4)c2ncc(C)nc2c1. The molecule has 1 atom stereocenters. The molecule has 10 nitrogen and oxygen atoms in total. The van der Waals surface area contributed by atoms with Gasteiger partial charge in [-0.15, -0.1) is 11.3 Å². The molecule has 6 rings (SSSR count). The fourth-order valence-electron chi connectivity index (χ4n) is 4.82. The van der Waals surface area contributed by atoms with Crippen molar-refractivity contribution in [1.29, 1.82) is 0 Å². The van der Waals surface area contributed by atoms with Gasteiger partial charge in [-0.05, 0) is 62.2 Å². The molecule has 11 heteroatoms. The Kier molecular flexibility index (Phi) is 6.38. The van der Waals surface area contributed by atoms with Gasteiger partial charge < -0.3 is 24.8 Å². The highest BCUT2D eigenvalue weighted by Crippen LogP contribution is 2.46. The Balaban J connectivity index is 1.35. The first-order valence-electron chi connectivity index (χ1n) is 12.8. The predicted octanol–water partition coefficient (Wildman–Crippen LogP) is 5.13. The number of pyridine rings is 1. The second-order valence-corrected chi connectivity index (χ2v) is 11.1. The lowest BCUT2D eigenvalue weighted by Crippen LogP contribution is -2.32. The minimum absolute atomic E-state index is 0.292. The molecule has 0 saturated heterocycles. The number of benzene rings is 2. The smallest absolute Gasteiger partial charge is 0.410 e. The Labute approximate surface area is 234 Å². The number of hydrogen-bond acceptors (Lipinski definition) is 10. The van der Waals surface area contributed by atoms with Gasteiger partial charge in [0.25, 0.3) is 0 Å². The Morgan fingerprint density at radius 2 is 1.95 bits per heavy atom. The number of rotatable bonds is 5. The van der Waals surface area contributed by atoms with Crippen LogP contribution in [0.1, 0.15) is 22.5 Å². The number of aromatic nitrogens is 4. The molecule has 0 fully saturated rings. The maximum absolute atomic E-state index is 11.5. The third-order valence-electron chi connectivity index (χ3n) is 6.63. The molecule has 1 aliphatic heterocycles. The predicted molar refractivity (Wildman–Crippen MR) is 155 cm³/mol. The molecule has 0 bridgehead atoms. The van der Waals surface area contributed by atoms with Crippen molar-refractivity contribution in [2.45, 2.75) is 33.3 Å². The van der Waals surface area contributed by atoms with Crippen molar-refractivity contribution in [2.24, 2.45) is 5.73 Å². The molecule has 0 unspecified atom stereocenters. The van der Waals surface area contributed by atoms with Crippen molar-refractivity contribution in [3.05, 3.63) is 59.0 Å². The second kappa shape index (κ2) is 9.91. The van der Waals surface area contributed by atoms with Gasteiger partial charge in [-0.25, -0.2) is 19.7 Å². The summed E-state index contributed by atoms with van der Waals surface area (Å²) >= 11 is 1.55. The molecule has 0 saturated carbocycles. The number of ether oxygens (including phenoxy) is 3. The number of carbonyl (C=O) groups is 1. The Bertz CT molecular complexity index is 1800. The summed E-state index contributed by atoms with van der Waals surface area (Å²) in [7, 11) is 3.78. The van der Waals surface area contributed by atoms with Gasteiger partial charge in [0.15, 0.2) is 17.2 Å². The number of primary amides is 1. The summed E-state index contributed by atoms with van der Waals surface area (Å²) in [4.78, 5) is 32.3. The molecule has 0 aliphatic carbocycles. The van der Waals surface area contributed by atoms with Crippen LogP contribution in [-0.4, -0.2) is 52.8 Å². The quantitative estimate of drug-likeness (QED) is 0.313. The number of carbonyl (C=O) groups excluding carboxylic acids is 1. The van der Waals surface area contributed by atoms with E-state index in [4.69, 9.17) is 24.9 Å². The maximum Gasteiger partial charge on any atom is 0.410 e. The van der Waals surface area contributed by atoms with Crippen molar-refractivity contribution in [3.8, 4) is 27.8 Å². The van der Waals surface area contributed by atoms with Crippen molar-refractivity contribution < 1.29 is 19.0 Å². The van der Waals surface area contributed by atoms with Gasteiger partial charge in [-0.1, -0.05) is 0 Å². The average molecular weight is 557 g/mol. The van der Waals surface area contributed by atoms with Crippen LogP contribution >= 0.6 is 11.3 Å². The average Bonchev–Trinajstić information content (AvgIpc) is 3.35. The van der Waals surface area contributed by atoms with E-state index < -0.39 is 6.09 Å². The highest BCUT2D eigenvalue weighted by atomic mass is 32.1. The lowest BCUT2D eigenvalue weighted by atomic mass is 10.1. The number of hydrogen-bond donors (Lipinski definition) is 1. The summed E-state index contributed by atoms with van der Waals surface area (Å²) < 4.78 is 18.8. The van der Waals surface area contributed by atoms with Crippen molar-refractivity contribution in [3.63, 3.8) is 0 Å². The van der Waals surface area contributed by atoms with Crippen LogP contribution in [0.4, 0.5) is 10.6 Å². The van der Waals surface area contributed by atoms with Gasteiger partial charge in [-0.2, -0.15) is 0 Å². The Morgan fingerprint density at radius 3 is 2.73 bits per heavy atom. The molecule has 2 aromatic carbocycles. The first-order valence-corrected chi connectivity index (χ1v) is 13.6. The molecule has 204 valence electrons. The van der Waals surface area contributed by atoms with E-state index >= 15 is 0 Å². The number of anilines is 1. The monoisotopic (exact) mass is 556 g/mol. The van der Waals surface area contributed by atoms with Gasteiger partial charge in [0.05, 0.1) is 27.9 Å². The zero-order valence-corrected chi connectivity index (χ0v) is 23.6. The van der Waals surface area contributed by atoms with E-state index in [0.29, 0.717) is 36.0 Å². The molecule has 3 aromatic heterocycles. The van der Waals surface area contributed by atoms with Crippen LogP contribution in [0, 0.1) is 20.8 Å². The summed E-state index contributed by atoms with van der Waals surface area (Å²) in [5.74, 6) is 2.34. The minimum atomic E-state index is -0.895. The van der Waals surface area contributed by atoms with Gasteiger partial charge in [-0.3, -0.25) is 4.98 Å². The zero-order chi connectivity index (χ0) is 28.1. The molecular weight excluding hydrogens is 528 g/mol. The van der Waals surface area contributed by atoms with Crippen LogP contribution in [0.5, 0.6) is 17.2 Å². The normalized spacial score (nSPS) is 14.5. The molecule has 0 radical (unpaired) electrons. The number of nitrogens with zero attached hydrogens (tertiary/aromatic N) is 5. The lowest BCUT2D eigenvalue weighted by Gasteiger charge is -2.27. The van der Waals surface area contributed by atoms with Crippen LogP contribution in [0.2, 0.25) is 0 Å². The Morgan fingerprint density at radius 1 is 1.12 bits per heavy atom. The number of nitrogens with two attached hydrogens (primary N) is 1. The van der Waals surface area contributed by atoms with E-state index in [2.05, 4.69) is 21.0 Å². The standard InChI is InChI=1S/C29H28N6O4S/c1-14-8-18(25-20(9-14)32-16(3)12-31-25)28-34-24-15(2)10-22-26(27(24)40-28)37-13-17(38-22)11-19-21(39-29(30)36)6-7-23(33-19)35(4)5/h6-10,12,17H,11,13H2,1-5H3,(H2,30,36)/t17-/m1/s1. The summed E-state index contributed by atoms with van der Waals surface area (Å²) in [5.41, 5.74) is 12.3. The summed E-state index contributed by atoms with van der Waals surface area (Å²) in [6.07, 6.45) is 0.897. The largest absolute Gasteiger partial charge is 0.484 e. The first-order chi connectivity index (χ1) is 19.2.